The smallest absolute Gasteiger partial charge is 0.159 e. The highest BCUT2D eigenvalue weighted by atomic mass is 16.5. The van der Waals surface area contributed by atoms with Crippen LogP contribution in [0.4, 0.5) is 0 Å². The van der Waals surface area contributed by atoms with Gasteiger partial charge in [0.1, 0.15) is 5.75 Å². The number of benzene rings is 1. The molecule has 2 heteroatoms. The number of ketones is 1. The van der Waals surface area contributed by atoms with Gasteiger partial charge in [-0.15, -0.1) is 0 Å². The zero-order valence-corrected chi connectivity index (χ0v) is 11.7. The third kappa shape index (κ3) is 1.60. The summed E-state index contributed by atoms with van der Waals surface area (Å²) in [6.07, 6.45) is 8.14. The van der Waals surface area contributed by atoms with Crippen LogP contribution in [-0.2, 0) is 11.2 Å². The normalized spacial score (nSPS) is 27.1. The van der Waals surface area contributed by atoms with Crippen molar-refractivity contribution in [3.8, 4) is 5.75 Å². The molecule has 1 aromatic rings. The van der Waals surface area contributed by atoms with Crippen molar-refractivity contribution >= 4 is 11.4 Å². The van der Waals surface area contributed by atoms with Gasteiger partial charge in [-0.3, -0.25) is 4.79 Å². The zero-order valence-electron chi connectivity index (χ0n) is 11.7. The van der Waals surface area contributed by atoms with E-state index in [0.29, 0.717) is 11.7 Å². The van der Waals surface area contributed by atoms with Crippen LogP contribution in [0.5, 0.6) is 5.75 Å². The first kappa shape index (κ1) is 12.0. The Kier molecular flexibility index (Phi) is 2.59. The standard InChI is InChI=1S/C18H18O2/c1-20-12-3-5-13-11(10-12)2-4-15-14(13)6-7-17-16(15)8-9-18(17)19/h3,5,8-10,16-17H,2,4,6-7H2,1H3/t16-,17+/m1/s1. The molecule has 0 unspecified atom stereocenters. The maximum absolute atomic E-state index is 11.9. The molecule has 0 fully saturated rings. The van der Waals surface area contributed by atoms with E-state index in [4.69, 9.17) is 4.74 Å². The van der Waals surface area contributed by atoms with Gasteiger partial charge >= 0.3 is 0 Å². The summed E-state index contributed by atoms with van der Waals surface area (Å²) in [7, 11) is 1.72. The topological polar surface area (TPSA) is 26.3 Å². The summed E-state index contributed by atoms with van der Waals surface area (Å²) < 4.78 is 5.33. The van der Waals surface area contributed by atoms with Crippen LogP contribution < -0.4 is 4.74 Å². The van der Waals surface area contributed by atoms with Gasteiger partial charge in [0, 0.05) is 11.8 Å². The first-order valence-corrected chi connectivity index (χ1v) is 7.39. The van der Waals surface area contributed by atoms with E-state index in [1.54, 1.807) is 13.2 Å². The number of carbonyl (C=O) groups is 1. The minimum absolute atomic E-state index is 0.230. The molecular formula is C18H18O2. The third-order valence-electron chi connectivity index (χ3n) is 5.06. The second-order valence-corrected chi connectivity index (χ2v) is 5.96. The quantitative estimate of drug-likeness (QED) is 0.777. The van der Waals surface area contributed by atoms with E-state index in [9.17, 15) is 4.79 Å². The van der Waals surface area contributed by atoms with Crippen molar-refractivity contribution in [3.63, 3.8) is 0 Å². The molecular weight excluding hydrogens is 248 g/mol. The van der Waals surface area contributed by atoms with Crippen molar-refractivity contribution < 1.29 is 9.53 Å². The molecule has 4 rings (SSSR count). The lowest BCUT2D eigenvalue weighted by molar-refractivity contribution is -0.118. The van der Waals surface area contributed by atoms with Crippen molar-refractivity contribution in [2.24, 2.45) is 11.8 Å². The number of carbonyl (C=O) groups excluding carboxylic acids is 1. The van der Waals surface area contributed by atoms with Gasteiger partial charge in [0.15, 0.2) is 5.78 Å². The highest BCUT2D eigenvalue weighted by Gasteiger charge is 2.38. The van der Waals surface area contributed by atoms with Crippen LogP contribution in [0.15, 0.2) is 35.9 Å². The minimum atomic E-state index is 0.230. The molecule has 2 nitrogen and oxygen atoms in total. The summed E-state index contributed by atoms with van der Waals surface area (Å²) >= 11 is 0. The Labute approximate surface area is 119 Å². The Bertz CT molecular complexity index is 651. The Morgan fingerprint density at radius 2 is 2.10 bits per heavy atom. The van der Waals surface area contributed by atoms with E-state index >= 15 is 0 Å². The molecule has 102 valence electrons. The molecule has 0 aliphatic heterocycles. The Hall–Kier alpha value is -1.83. The van der Waals surface area contributed by atoms with Crippen LogP contribution in [0.3, 0.4) is 0 Å². The highest BCUT2D eigenvalue weighted by molar-refractivity contribution is 5.96. The molecule has 3 aliphatic carbocycles. The largest absolute Gasteiger partial charge is 0.497 e. The fourth-order valence-corrected chi connectivity index (χ4v) is 4.07. The Morgan fingerprint density at radius 3 is 2.95 bits per heavy atom. The van der Waals surface area contributed by atoms with Crippen molar-refractivity contribution in [1.82, 2.24) is 0 Å². The van der Waals surface area contributed by atoms with Gasteiger partial charge < -0.3 is 4.74 Å². The van der Waals surface area contributed by atoms with Gasteiger partial charge in [-0.2, -0.15) is 0 Å². The van der Waals surface area contributed by atoms with Crippen LogP contribution in [0.25, 0.3) is 5.57 Å². The van der Waals surface area contributed by atoms with Gasteiger partial charge in [0.25, 0.3) is 0 Å². The molecule has 3 aliphatic rings. The van der Waals surface area contributed by atoms with E-state index in [0.717, 1.165) is 31.4 Å². The predicted molar refractivity (Wildman–Crippen MR) is 78.6 cm³/mol. The molecule has 0 N–H and O–H groups in total. The third-order valence-corrected chi connectivity index (χ3v) is 5.06. The van der Waals surface area contributed by atoms with Gasteiger partial charge in [0.2, 0.25) is 0 Å². The Balaban J connectivity index is 1.80. The highest BCUT2D eigenvalue weighted by Crippen LogP contribution is 2.48. The number of hydrogen-bond acceptors (Lipinski definition) is 2. The van der Waals surface area contributed by atoms with E-state index in [1.807, 2.05) is 0 Å². The molecule has 0 saturated heterocycles. The maximum Gasteiger partial charge on any atom is 0.159 e. The fraction of sp³-hybridized carbons (Fsp3) is 0.389. The summed E-state index contributed by atoms with van der Waals surface area (Å²) in [4.78, 5) is 11.9. The first-order chi connectivity index (χ1) is 9.78. The first-order valence-electron chi connectivity index (χ1n) is 7.39. The molecule has 2 atom stereocenters. The summed E-state index contributed by atoms with van der Waals surface area (Å²) in [6.45, 7) is 0. The second-order valence-electron chi connectivity index (χ2n) is 5.96. The average molecular weight is 266 g/mol. The minimum Gasteiger partial charge on any atom is -0.497 e. The van der Waals surface area contributed by atoms with Crippen molar-refractivity contribution in [2.75, 3.05) is 7.11 Å². The number of hydrogen-bond donors (Lipinski definition) is 0. The van der Waals surface area contributed by atoms with Crippen molar-refractivity contribution in [3.05, 3.63) is 47.1 Å². The van der Waals surface area contributed by atoms with E-state index in [1.165, 1.54) is 22.3 Å². The van der Waals surface area contributed by atoms with Gasteiger partial charge in [-0.25, -0.2) is 0 Å². The monoisotopic (exact) mass is 266 g/mol. The summed E-state index contributed by atoms with van der Waals surface area (Å²) in [5.74, 6) is 1.88. The van der Waals surface area contributed by atoms with Crippen LogP contribution in [-0.4, -0.2) is 12.9 Å². The van der Waals surface area contributed by atoms with Gasteiger partial charge in [0.05, 0.1) is 7.11 Å². The molecule has 0 radical (unpaired) electrons. The SMILES string of the molecule is COc1ccc2c(c1)CCC1=C2CC[C@@H]2C(=O)C=C[C@H]12. The maximum atomic E-state index is 11.9. The number of ether oxygens (including phenoxy) is 1. The summed E-state index contributed by atoms with van der Waals surface area (Å²) in [6, 6.07) is 6.42. The average Bonchev–Trinajstić information content (AvgIpc) is 2.88. The lowest BCUT2D eigenvalue weighted by atomic mass is 9.70. The molecule has 0 aromatic heterocycles. The summed E-state index contributed by atoms with van der Waals surface area (Å²) in [5, 5.41) is 0. The van der Waals surface area contributed by atoms with E-state index < -0.39 is 0 Å². The molecule has 0 amide bonds. The van der Waals surface area contributed by atoms with E-state index in [2.05, 4.69) is 24.3 Å². The van der Waals surface area contributed by atoms with Crippen LogP contribution in [0, 0.1) is 11.8 Å². The molecule has 0 saturated carbocycles. The predicted octanol–water partition coefficient (Wildman–Crippen LogP) is 3.56. The van der Waals surface area contributed by atoms with Gasteiger partial charge in [-0.1, -0.05) is 17.7 Å². The molecule has 20 heavy (non-hydrogen) atoms. The van der Waals surface area contributed by atoms with Crippen LogP contribution >= 0.6 is 0 Å². The van der Waals surface area contributed by atoms with Crippen LogP contribution in [0.1, 0.15) is 30.4 Å². The molecule has 0 bridgehead atoms. The lowest BCUT2D eigenvalue weighted by Gasteiger charge is -2.34. The Morgan fingerprint density at radius 1 is 1.20 bits per heavy atom. The number of fused-ring (bicyclic) bond motifs is 4. The van der Waals surface area contributed by atoms with Crippen LogP contribution in [0.2, 0.25) is 0 Å². The number of aryl methyl sites for hydroxylation is 1. The molecule has 1 aromatic carbocycles. The van der Waals surface area contributed by atoms with E-state index in [-0.39, 0.29) is 5.92 Å². The number of methoxy groups -OCH3 is 1. The molecule has 0 heterocycles. The van der Waals surface area contributed by atoms with Gasteiger partial charge in [-0.05, 0) is 60.6 Å². The second kappa shape index (κ2) is 4.34. The summed E-state index contributed by atoms with van der Waals surface area (Å²) in [5.41, 5.74) is 5.80. The number of rotatable bonds is 1. The van der Waals surface area contributed by atoms with Crippen molar-refractivity contribution in [2.45, 2.75) is 25.7 Å². The fourth-order valence-electron chi connectivity index (χ4n) is 4.07. The zero-order chi connectivity index (χ0) is 13.7. The van der Waals surface area contributed by atoms with Crippen molar-refractivity contribution in [1.29, 1.82) is 0 Å². The number of allylic oxidation sites excluding steroid dienone is 4. The molecule has 0 spiro atoms. The lowest BCUT2D eigenvalue weighted by Crippen LogP contribution is -2.25.